The van der Waals surface area contributed by atoms with Gasteiger partial charge in [-0.25, -0.2) is 39.5 Å². The number of aryl methyl sites for hydroxylation is 1. The zero-order chi connectivity index (χ0) is 26.0. The van der Waals surface area contributed by atoms with Gasteiger partial charge in [-0.15, -0.1) is 0 Å². The molecule has 3 rings (SSSR count). The Kier molecular flexibility index (Phi) is 7.30. The van der Waals surface area contributed by atoms with Gasteiger partial charge >= 0.3 is 6.18 Å². The van der Waals surface area contributed by atoms with E-state index in [0.717, 1.165) is 0 Å². The molecule has 0 bridgehead atoms. The summed E-state index contributed by atoms with van der Waals surface area (Å²) >= 11 is 0. The minimum atomic E-state index is -5.91. The van der Waals surface area contributed by atoms with Crippen LogP contribution in [0.3, 0.4) is 0 Å². The summed E-state index contributed by atoms with van der Waals surface area (Å²) in [6, 6.07) is 0. The molecule has 1 aromatic heterocycles. The van der Waals surface area contributed by atoms with Gasteiger partial charge in [0.1, 0.15) is 22.4 Å². The van der Waals surface area contributed by atoms with E-state index >= 15 is 0 Å². The van der Waals surface area contributed by atoms with Crippen molar-refractivity contribution in [2.45, 2.75) is 13.1 Å². The van der Waals surface area contributed by atoms with E-state index in [1.165, 1.54) is 0 Å². The van der Waals surface area contributed by atoms with Gasteiger partial charge in [0.05, 0.1) is 5.69 Å². The molecule has 4 nitrogen and oxygen atoms in total. The van der Waals surface area contributed by atoms with E-state index in [9.17, 15) is 62.6 Å². The van der Waals surface area contributed by atoms with Gasteiger partial charge in [-0.05, 0) is 6.92 Å². The molecule has 0 saturated carbocycles. The van der Waals surface area contributed by atoms with Crippen LogP contribution in [0, 0.1) is 59.3 Å². The molecule has 0 fully saturated rings. The first-order valence-corrected chi connectivity index (χ1v) is 8.32. The molecule has 0 aliphatic heterocycles. The van der Waals surface area contributed by atoms with E-state index in [4.69, 9.17) is 0 Å². The van der Waals surface area contributed by atoms with Crippen LogP contribution in [0.2, 0.25) is 0 Å². The average molecular weight is 572 g/mol. The Hall–Kier alpha value is -3.20. The molecular weight excluding hydrogens is 568 g/mol. The molecule has 0 atom stereocenters. The molecule has 0 saturated heterocycles. The molecule has 1 radical (unpaired) electrons. The molecule has 17 heteroatoms. The maximum atomic E-state index is 14.2. The van der Waals surface area contributed by atoms with Crippen LogP contribution >= 0.6 is 0 Å². The van der Waals surface area contributed by atoms with Crippen molar-refractivity contribution in [3.8, 4) is 11.6 Å². The number of nitrogens with zero attached hydrogens (tertiary/aromatic N) is 2. The van der Waals surface area contributed by atoms with Gasteiger partial charge in [0.2, 0.25) is 17.5 Å². The Bertz CT molecular complexity index is 1330. The number of ketones is 1. The molecule has 2 aromatic carbocycles. The summed E-state index contributed by atoms with van der Waals surface area (Å²) in [5.74, 6) is -28.6. The minimum absolute atomic E-state index is 0. The maximum Gasteiger partial charge on any atom is 0.422 e. The summed E-state index contributed by atoms with van der Waals surface area (Å²) < 4.78 is 162. The third-order valence-electron chi connectivity index (χ3n) is 4.44. The number of hydrogen-bond acceptors (Lipinski definition) is 3. The van der Waals surface area contributed by atoms with Crippen molar-refractivity contribution in [3.05, 3.63) is 74.7 Å². The van der Waals surface area contributed by atoms with Gasteiger partial charge < -0.3 is 5.11 Å². The second kappa shape index (κ2) is 9.11. The number of carbonyl (C=O) groups is 1. The van der Waals surface area contributed by atoms with Crippen LogP contribution < -0.4 is 0 Å². The standard InChI is InChI=1S/C18H4F12N2O2.Cu/c1-2-3(16(33)4-6(19)10(23)12(25)11(24)7(4)20)17(34)32(31-2)15-13(26)8(21)5(18(28,29)30)9(22)14(15)27;/h34H,1H3;. The molecule has 0 aliphatic carbocycles. The predicted octanol–water partition coefficient (Wildman–Crippen LogP) is 5.39. The second-order valence-electron chi connectivity index (χ2n) is 6.45. The number of rotatable bonds is 3. The first-order chi connectivity index (χ1) is 15.5. The van der Waals surface area contributed by atoms with E-state index in [1.807, 2.05) is 0 Å². The third-order valence-corrected chi connectivity index (χ3v) is 4.44. The van der Waals surface area contributed by atoms with Gasteiger partial charge in [0, 0.05) is 17.1 Å². The zero-order valence-electron chi connectivity index (χ0n) is 16.1. The van der Waals surface area contributed by atoms with Crippen molar-refractivity contribution in [2.75, 3.05) is 0 Å². The maximum absolute atomic E-state index is 14.2. The SMILES string of the molecule is Cc1nn(-c2c(F)c(F)c(C(F)(F)F)c(F)c2F)c(O)c1C(=O)c1c(F)c(F)c(F)c(F)c1F.[Cu]. The van der Waals surface area contributed by atoms with Crippen LogP contribution in [0.5, 0.6) is 5.88 Å². The van der Waals surface area contributed by atoms with E-state index in [0.29, 0.717) is 6.92 Å². The topological polar surface area (TPSA) is 55.1 Å². The van der Waals surface area contributed by atoms with Crippen LogP contribution in [-0.4, -0.2) is 20.7 Å². The largest absolute Gasteiger partial charge is 0.493 e. The van der Waals surface area contributed by atoms with Crippen LogP contribution in [0.1, 0.15) is 27.2 Å². The predicted molar refractivity (Wildman–Crippen MR) is 84.5 cm³/mol. The number of aromatic nitrogens is 2. The van der Waals surface area contributed by atoms with Crippen molar-refractivity contribution >= 4 is 5.78 Å². The smallest absolute Gasteiger partial charge is 0.422 e. The summed E-state index contributed by atoms with van der Waals surface area (Å²) in [6.07, 6.45) is -5.91. The Morgan fingerprint density at radius 1 is 0.714 bits per heavy atom. The van der Waals surface area contributed by atoms with E-state index in [-0.39, 0.29) is 17.1 Å². The van der Waals surface area contributed by atoms with Crippen molar-refractivity contribution in [1.82, 2.24) is 9.78 Å². The van der Waals surface area contributed by atoms with Crippen molar-refractivity contribution in [1.29, 1.82) is 0 Å². The van der Waals surface area contributed by atoms with E-state index < -0.39 is 103 Å². The molecule has 0 amide bonds. The normalized spacial score (nSPS) is 11.6. The molecule has 0 spiro atoms. The molecule has 35 heavy (non-hydrogen) atoms. The zero-order valence-corrected chi connectivity index (χ0v) is 17.0. The molecule has 0 unspecified atom stereocenters. The summed E-state index contributed by atoms with van der Waals surface area (Å²) in [7, 11) is 0. The second-order valence-corrected chi connectivity index (χ2v) is 6.45. The fourth-order valence-electron chi connectivity index (χ4n) is 2.92. The first kappa shape index (κ1) is 28.0. The van der Waals surface area contributed by atoms with Gasteiger partial charge in [0.15, 0.2) is 46.5 Å². The van der Waals surface area contributed by atoms with E-state index in [2.05, 4.69) is 5.10 Å². The number of hydrogen-bond donors (Lipinski definition) is 1. The van der Waals surface area contributed by atoms with Crippen molar-refractivity contribution < 1.29 is 79.7 Å². The summed E-state index contributed by atoms with van der Waals surface area (Å²) in [5, 5.41) is 13.2. The van der Waals surface area contributed by atoms with Crippen molar-refractivity contribution in [2.24, 2.45) is 0 Å². The summed E-state index contributed by atoms with van der Waals surface area (Å²) in [5.41, 5.74) is -9.64. The molecule has 1 N–H and O–H groups in total. The fraction of sp³-hybridized carbons (Fsp3) is 0.111. The fourth-order valence-corrected chi connectivity index (χ4v) is 2.92. The van der Waals surface area contributed by atoms with Crippen LogP contribution in [0.15, 0.2) is 0 Å². The quantitative estimate of drug-likeness (QED) is 0.151. The minimum Gasteiger partial charge on any atom is -0.493 e. The van der Waals surface area contributed by atoms with Crippen molar-refractivity contribution in [3.63, 3.8) is 0 Å². The van der Waals surface area contributed by atoms with Crippen LogP contribution in [0.4, 0.5) is 52.7 Å². The summed E-state index contributed by atoms with van der Waals surface area (Å²) in [6.45, 7) is 0.683. The number of carbonyl (C=O) groups excluding carboxylic acids is 1. The first-order valence-electron chi connectivity index (χ1n) is 8.32. The Labute approximate surface area is 195 Å². The van der Waals surface area contributed by atoms with Crippen LogP contribution in [-0.2, 0) is 23.2 Å². The molecular formula is C18H4CuF12N2O2. The monoisotopic (exact) mass is 571 g/mol. The molecule has 3 aromatic rings. The van der Waals surface area contributed by atoms with Gasteiger partial charge in [-0.3, -0.25) is 4.79 Å². The number of halogens is 12. The number of aromatic hydroxyl groups is 1. The Balaban J connectivity index is 0.00000432. The average Bonchev–Trinajstić information content (AvgIpc) is 3.02. The van der Waals surface area contributed by atoms with E-state index in [1.54, 1.807) is 0 Å². The van der Waals surface area contributed by atoms with Gasteiger partial charge in [-0.1, -0.05) is 0 Å². The van der Waals surface area contributed by atoms with Gasteiger partial charge in [0.25, 0.3) is 0 Å². The van der Waals surface area contributed by atoms with Gasteiger partial charge in [-0.2, -0.15) is 23.0 Å². The molecule has 193 valence electrons. The number of alkyl halides is 3. The Morgan fingerprint density at radius 2 is 1.11 bits per heavy atom. The van der Waals surface area contributed by atoms with Crippen LogP contribution in [0.25, 0.3) is 5.69 Å². The Morgan fingerprint density at radius 3 is 1.51 bits per heavy atom. The third kappa shape index (κ3) is 4.11. The number of benzene rings is 2. The summed E-state index contributed by atoms with van der Waals surface area (Å²) in [4.78, 5) is 12.4. The molecule has 1 heterocycles. The molecule has 0 aliphatic rings.